The fourth-order valence-corrected chi connectivity index (χ4v) is 4.85. The molecule has 5 aromatic rings. The fourth-order valence-electron chi connectivity index (χ4n) is 4.67. The number of aromatic nitrogens is 3. The van der Waals surface area contributed by atoms with Crippen molar-refractivity contribution in [3.05, 3.63) is 107 Å². The molecule has 0 spiro atoms. The molecule has 1 saturated carbocycles. The minimum absolute atomic E-state index is 0.201. The van der Waals surface area contributed by atoms with E-state index < -0.39 is 0 Å². The van der Waals surface area contributed by atoms with Gasteiger partial charge in [0.05, 0.1) is 5.69 Å². The van der Waals surface area contributed by atoms with E-state index in [9.17, 15) is 0 Å². The second-order valence-electron chi connectivity index (χ2n) is 9.10. The van der Waals surface area contributed by atoms with E-state index in [4.69, 9.17) is 27.1 Å². The quantitative estimate of drug-likeness (QED) is 0.296. The average Bonchev–Trinajstić information content (AvgIpc) is 3.26. The van der Waals surface area contributed by atoms with Crippen molar-refractivity contribution in [1.29, 1.82) is 0 Å². The Balaban J connectivity index is 1.48. The maximum atomic E-state index is 6.55. The zero-order chi connectivity index (χ0) is 23.8. The van der Waals surface area contributed by atoms with Crippen molar-refractivity contribution in [3.8, 4) is 28.3 Å². The van der Waals surface area contributed by atoms with E-state index in [0.717, 1.165) is 40.9 Å². The maximum Gasteiger partial charge on any atom is 0.197 e. The molecule has 1 aliphatic carbocycles. The van der Waals surface area contributed by atoms with E-state index in [-0.39, 0.29) is 5.54 Å². The monoisotopic (exact) mass is 480 g/mol. The summed E-state index contributed by atoms with van der Waals surface area (Å²) in [4.78, 5) is 5.02. The van der Waals surface area contributed by atoms with Crippen LogP contribution in [0.5, 0.6) is 5.75 Å². The van der Waals surface area contributed by atoms with Crippen molar-refractivity contribution < 1.29 is 4.74 Å². The van der Waals surface area contributed by atoms with Crippen LogP contribution in [-0.4, -0.2) is 14.6 Å². The highest BCUT2D eigenvalue weighted by molar-refractivity contribution is 6.29. The molecule has 6 rings (SSSR count). The van der Waals surface area contributed by atoms with Gasteiger partial charge < -0.3 is 10.5 Å². The van der Waals surface area contributed by atoms with Crippen LogP contribution in [0.25, 0.3) is 28.2 Å². The molecule has 6 heteroatoms. The molecule has 1 fully saturated rings. The lowest BCUT2D eigenvalue weighted by Crippen LogP contribution is -2.43. The van der Waals surface area contributed by atoms with Crippen LogP contribution >= 0.6 is 11.6 Å². The molecule has 0 bridgehead atoms. The Morgan fingerprint density at radius 2 is 1.57 bits per heavy atom. The fraction of sp³-hybridized carbons (Fsp3) is 0.172. The number of hydrogen-bond acceptors (Lipinski definition) is 4. The number of halogens is 1. The van der Waals surface area contributed by atoms with Crippen molar-refractivity contribution in [2.24, 2.45) is 5.73 Å². The van der Waals surface area contributed by atoms with Crippen molar-refractivity contribution in [2.75, 3.05) is 0 Å². The van der Waals surface area contributed by atoms with E-state index in [2.05, 4.69) is 41.5 Å². The zero-order valence-corrected chi connectivity index (χ0v) is 19.9. The Hall–Kier alpha value is -3.67. The first-order chi connectivity index (χ1) is 17.1. The van der Waals surface area contributed by atoms with Crippen LogP contribution < -0.4 is 10.5 Å². The van der Waals surface area contributed by atoms with Gasteiger partial charge in [-0.1, -0.05) is 96.5 Å². The molecule has 2 aromatic heterocycles. The van der Waals surface area contributed by atoms with Crippen molar-refractivity contribution in [3.63, 3.8) is 0 Å². The lowest BCUT2D eigenvalue weighted by atomic mass is 9.72. The normalized spacial score (nSPS) is 14.6. The molecule has 0 saturated heterocycles. The van der Waals surface area contributed by atoms with Crippen LogP contribution in [0.1, 0.15) is 30.4 Å². The van der Waals surface area contributed by atoms with E-state index in [1.54, 1.807) is 10.6 Å². The highest BCUT2D eigenvalue weighted by atomic mass is 35.5. The van der Waals surface area contributed by atoms with Gasteiger partial charge in [0, 0.05) is 22.7 Å². The minimum Gasteiger partial charge on any atom is -0.485 e. The number of ether oxygens (including phenoxy) is 1. The van der Waals surface area contributed by atoms with Crippen molar-refractivity contribution in [2.45, 2.75) is 31.4 Å². The first kappa shape index (κ1) is 21.8. The summed E-state index contributed by atoms with van der Waals surface area (Å²) in [5, 5.41) is 4.95. The number of benzene rings is 3. The molecule has 5 nitrogen and oxygen atoms in total. The van der Waals surface area contributed by atoms with E-state index in [1.807, 2.05) is 48.5 Å². The highest BCUT2D eigenvalue weighted by Gasteiger charge is 2.34. The minimum atomic E-state index is -0.201. The number of hydrogen-bond donors (Lipinski definition) is 1. The molecule has 1 aliphatic rings. The van der Waals surface area contributed by atoms with Crippen molar-refractivity contribution >= 4 is 17.2 Å². The largest absolute Gasteiger partial charge is 0.485 e. The van der Waals surface area contributed by atoms with Crippen LogP contribution in [-0.2, 0) is 12.1 Å². The molecule has 0 amide bonds. The smallest absolute Gasteiger partial charge is 0.197 e. The molecule has 0 radical (unpaired) electrons. The Morgan fingerprint density at radius 3 is 2.23 bits per heavy atom. The van der Waals surface area contributed by atoms with Gasteiger partial charge in [-0.3, -0.25) is 0 Å². The van der Waals surface area contributed by atoms with Crippen LogP contribution in [0.3, 0.4) is 0 Å². The van der Waals surface area contributed by atoms with Crippen LogP contribution in [0.2, 0.25) is 5.15 Å². The summed E-state index contributed by atoms with van der Waals surface area (Å²) >= 11 is 6.46. The maximum absolute atomic E-state index is 6.55. The highest BCUT2D eigenvalue weighted by Crippen LogP contribution is 2.40. The first-order valence-corrected chi connectivity index (χ1v) is 12.2. The van der Waals surface area contributed by atoms with Gasteiger partial charge in [0.1, 0.15) is 12.3 Å². The summed E-state index contributed by atoms with van der Waals surface area (Å²) < 4.78 is 7.98. The molecule has 35 heavy (non-hydrogen) atoms. The van der Waals surface area contributed by atoms with Crippen LogP contribution in [0.15, 0.2) is 91.0 Å². The molecule has 0 unspecified atom stereocenters. The molecule has 0 aliphatic heterocycles. The van der Waals surface area contributed by atoms with Gasteiger partial charge in [-0.15, -0.1) is 0 Å². The molecule has 0 atom stereocenters. The zero-order valence-electron chi connectivity index (χ0n) is 19.2. The second kappa shape index (κ2) is 8.84. The molecule has 3 aromatic carbocycles. The Labute approximate surface area is 209 Å². The van der Waals surface area contributed by atoms with Gasteiger partial charge in [0.2, 0.25) is 0 Å². The predicted octanol–water partition coefficient (Wildman–Crippen LogP) is 6.63. The first-order valence-electron chi connectivity index (χ1n) is 11.8. The summed E-state index contributed by atoms with van der Waals surface area (Å²) in [5.41, 5.74) is 12.9. The lowest BCUT2D eigenvalue weighted by molar-refractivity contribution is 0.253. The van der Waals surface area contributed by atoms with Gasteiger partial charge in [-0.25, -0.2) is 9.50 Å². The van der Waals surface area contributed by atoms with Crippen LogP contribution in [0, 0.1) is 0 Å². The average molecular weight is 481 g/mol. The Kier molecular flexibility index (Phi) is 5.51. The van der Waals surface area contributed by atoms with Crippen LogP contribution in [0.4, 0.5) is 0 Å². The number of imidazole rings is 1. The summed E-state index contributed by atoms with van der Waals surface area (Å²) in [6.07, 6.45) is 3.24. The van der Waals surface area contributed by atoms with E-state index in [0.29, 0.717) is 23.2 Å². The van der Waals surface area contributed by atoms with E-state index in [1.165, 1.54) is 12.0 Å². The standard InChI is InChI=1S/C29H25ClN4O/c30-25-18-24(35-19-20-8-3-1-4-9-20)28-32-26(27(34(28)33-25)22-10-5-2-6-11-22)21-12-14-23(15-13-21)29(31)16-7-17-29/h1-6,8-15,18H,7,16-17,19,31H2. The van der Waals surface area contributed by atoms with E-state index >= 15 is 0 Å². The van der Waals surface area contributed by atoms with Gasteiger partial charge in [0.25, 0.3) is 0 Å². The predicted molar refractivity (Wildman–Crippen MR) is 139 cm³/mol. The molecule has 2 heterocycles. The number of fused-ring (bicyclic) bond motifs is 1. The van der Waals surface area contributed by atoms with Gasteiger partial charge in [0.15, 0.2) is 16.5 Å². The third-order valence-electron chi connectivity index (χ3n) is 6.78. The Morgan fingerprint density at radius 1 is 0.886 bits per heavy atom. The SMILES string of the molecule is NC1(c2ccc(-c3nc4c(OCc5ccccc5)cc(Cl)nn4c3-c3ccccc3)cc2)CCC1. The van der Waals surface area contributed by atoms with Gasteiger partial charge in [-0.05, 0) is 30.4 Å². The summed E-state index contributed by atoms with van der Waals surface area (Å²) in [6, 6.07) is 30.3. The summed E-state index contributed by atoms with van der Waals surface area (Å²) in [6.45, 7) is 0.410. The van der Waals surface area contributed by atoms with Gasteiger partial charge >= 0.3 is 0 Å². The second-order valence-corrected chi connectivity index (χ2v) is 9.49. The number of rotatable bonds is 6. The summed E-state index contributed by atoms with van der Waals surface area (Å²) in [7, 11) is 0. The third-order valence-corrected chi connectivity index (χ3v) is 6.97. The molecular weight excluding hydrogens is 456 g/mol. The molecular formula is C29H25ClN4O. The third kappa shape index (κ3) is 4.07. The number of nitrogens with zero attached hydrogens (tertiary/aromatic N) is 3. The topological polar surface area (TPSA) is 65.4 Å². The Bertz CT molecular complexity index is 1480. The molecule has 2 N–H and O–H groups in total. The number of nitrogens with two attached hydrogens (primary N) is 1. The van der Waals surface area contributed by atoms with Gasteiger partial charge in [-0.2, -0.15) is 5.10 Å². The lowest BCUT2D eigenvalue weighted by Gasteiger charge is -2.38. The van der Waals surface area contributed by atoms with Crippen molar-refractivity contribution in [1.82, 2.24) is 14.6 Å². The molecule has 174 valence electrons. The summed E-state index contributed by atoms with van der Waals surface area (Å²) in [5.74, 6) is 0.587.